The van der Waals surface area contributed by atoms with E-state index in [1.165, 1.54) is 29.6 Å². The number of ketones is 1. The Morgan fingerprint density at radius 2 is 1.84 bits per heavy atom. The second kappa shape index (κ2) is 6.98. The minimum Gasteiger partial charge on any atom is -0.477 e. The zero-order valence-corrected chi connectivity index (χ0v) is 12.9. The van der Waals surface area contributed by atoms with Crippen molar-refractivity contribution in [3.05, 3.63) is 38.4 Å². The van der Waals surface area contributed by atoms with E-state index in [0.29, 0.717) is 9.93 Å². The maximum atomic E-state index is 12.3. The lowest BCUT2D eigenvalue weighted by Gasteiger charge is -2.08. The first kappa shape index (κ1) is 16.1. The van der Waals surface area contributed by atoms with Crippen LogP contribution in [0.5, 0.6) is 0 Å². The summed E-state index contributed by atoms with van der Waals surface area (Å²) in [6.07, 6.45) is 3.44. The third-order valence-electron chi connectivity index (χ3n) is 2.25. The molecule has 1 aromatic rings. The third-order valence-corrected chi connectivity index (χ3v) is 4.69. The molecule has 0 spiro atoms. The van der Waals surface area contributed by atoms with Crippen LogP contribution >= 0.6 is 35.1 Å². The first-order chi connectivity index (χ1) is 8.92. The minimum atomic E-state index is -1.26. The maximum Gasteiger partial charge on any atom is 0.341 e. The van der Waals surface area contributed by atoms with E-state index in [0.717, 1.165) is 0 Å². The highest BCUT2D eigenvalue weighted by Crippen LogP contribution is 2.30. The van der Waals surface area contributed by atoms with Crippen LogP contribution in [0.15, 0.2) is 21.9 Å². The van der Waals surface area contributed by atoms with Gasteiger partial charge >= 0.3 is 5.97 Å². The van der Waals surface area contributed by atoms with E-state index in [1.807, 2.05) is 0 Å². The molecule has 4 nitrogen and oxygen atoms in total. The summed E-state index contributed by atoms with van der Waals surface area (Å²) in [5.74, 6) is -1.89. The molecular weight excluding hydrogens is 306 g/mol. The Bertz CT molecular complexity index is 552. The summed E-state index contributed by atoms with van der Waals surface area (Å²) in [4.78, 5) is 27.5. The van der Waals surface area contributed by atoms with Crippen LogP contribution < -0.4 is 0 Å². The lowest BCUT2D eigenvalue weighted by atomic mass is 10.1. The van der Waals surface area contributed by atoms with Gasteiger partial charge in [-0.2, -0.15) is 0 Å². The number of aromatic nitrogens is 1. The van der Waals surface area contributed by atoms with Gasteiger partial charge in [-0.25, -0.2) is 9.78 Å². The number of carbonyl (C=O) groups excluding carboxylic acids is 1. The Hall–Kier alpha value is -0.980. The topological polar surface area (TPSA) is 67.3 Å². The average Bonchev–Trinajstić information content (AvgIpc) is 2.34. The van der Waals surface area contributed by atoms with E-state index in [4.69, 9.17) is 11.6 Å². The van der Waals surface area contributed by atoms with Crippen LogP contribution in [0.1, 0.15) is 16.1 Å². The predicted octanol–water partition coefficient (Wildman–Crippen LogP) is 3.25. The van der Waals surface area contributed by atoms with Gasteiger partial charge in [0.25, 0.3) is 0 Å². The van der Waals surface area contributed by atoms with Crippen molar-refractivity contribution < 1.29 is 14.7 Å². The molecule has 19 heavy (non-hydrogen) atoms. The molecule has 0 amide bonds. The molecule has 0 aliphatic rings. The molecule has 0 atom stereocenters. The Balaban J connectivity index is 3.36. The highest BCUT2D eigenvalue weighted by Gasteiger charge is 2.25. The van der Waals surface area contributed by atoms with Crippen molar-refractivity contribution in [1.82, 2.24) is 4.98 Å². The molecule has 0 saturated heterocycles. The van der Waals surface area contributed by atoms with Gasteiger partial charge in [0.2, 0.25) is 5.78 Å². The number of aryl methyl sites for hydroxylation is 1. The van der Waals surface area contributed by atoms with Gasteiger partial charge in [0.15, 0.2) is 0 Å². The zero-order chi connectivity index (χ0) is 14.6. The van der Waals surface area contributed by atoms with E-state index in [-0.39, 0.29) is 16.3 Å². The van der Waals surface area contributed by atoms with E-state index >= 15 is 0 Å². The van der Waals surface area contributed by atoms with Crippen LogP contribution in [0.2, 0.25) is 5.15 Å². The summed E-state index contributed by atoms with van der Waals surface area (Å²) in [6.45, 7) is 1.74. The van der Waals surface area contributed by atoms with Gasteiger partial charge in [0, 0.05) is 5.69 Å². The fourth-order valence-corrected chi connectivity index (χ4v) is 3.11. The van der Waals surface area contributed by atoms with E-state index in [1.54, 1.807) is 25.5 Å². The largest absolute Gasteiger partial charge is 0.477 e. The summed E-state index contributed by atoms with van der Waals surface area (Å²) in [5, 5.41) is 9.23. The van der Waals surface area contributed by atoms with Crippen LogP contribution in [-0.4, -0.2) is 34.4 Å². The summed E-state index contributed by atoms with van der Waals surface area (Å²) in [5.41, 5.74) is 0.496. The van der Waals surface area contributed by atoms with Gasteiger partial charge in [-0.15, -0.1) is 23.5 Å². The third kappa shape index (κ3) is 3.75. The average molecular weight is 318 g/mol. The number of aliphatic carboxylic acids is 1. The van der Waals surface area contributed by atoms with Gasteiger partial charge < -0.3 is 5.11 Å². The normalized spacial score (nSPS) is 10.1. The van der Waals surface area contributed by atoms with Crippen LogP contribution in [-0.2, 0) is 4.79 Å². The first-order valence-corrected chi connectivity index (χ1v) is 7.98. The number of carbonyl (C=O) groups is 2. The van der Waals surface area contributed by atoms with Crippen molar-refractivity contribution in [2.75, 3.05) is 12.5 Å². The zero-order valence-electron chi connectivity index (χ0n) is 10.6. The van der Waals surface area contributed by atoms with E-state index in [9.17, 15) is 14.7 Å². The van der Waals surface area contributed by atoms with Crippen molar-refractivity contribution in [2.45, 2.75) is 6.92 Å². The van der Waals surface area contributed by atoms with Crippen molar-refractivity contribution in [3.63, 3.8) is 0 Å². The maximum absolute atomic E-state index is 12.3. The standard InChI is InChI=1S/C12H12ClNO3S2/c1-6-4-5-7(10(13)14-6)9(15)8(11(16)17)12(18-2)19-3/h4-5H,1-3H3,(H,16,17). The van der Waals surface area contributed by atoms with Gasteiger partial charge in [-0.1, -0.05) is 11.6 Å². The molecule has 0 bridgehead atoms. The highest BCUT2D eigenvalue weighted by atomic mass is 35.5. The second-order valence-corrected chi connectivity index (χ2v) is 5.75. The number of Topliss-reactive ketones (excluding diaryl/α,β-unsaturated/α-hetero) is 1. The molecule has 1 rings (SSSR count). The molecular formula is C12H12ClNO3S2. The summed E-state index contributed by atoms with van der Waals surface area (Å²) < 4.78 is 0.439. The molecule has 1 heterocycles. The number of hydrogen-bond acceptors (Lipinski definition) is 5. The SMILES string of the molecule is CSC(SC)=C(C(=O)O)C(=O)c1ccc(C)nc1Cl. The van der Waals surface area contributed by atoms with Gasteiger partial charge in [0.1, 0.15) is 10.7 Å². The van der Waals surface area contributed by atoms with Crippen molar-refractivity contribution in [1.29, 1.82) is 0 Å². The van der Waals surface area contributed by atoms with Crippen LogP contribution in [0, 0.1) is 6.92 Å². The summed E-state index contributed by atoms with van der Waals surface area (Å²) in [7, 11) is 0. The van der Waals surface area contributed by atoms with Crippen LogP contribution in [0.25, 0.3) is 0 Å². The van der Waals surface area contributed by atoms with Crippen LogP contribution in [0.3, 0.4) is 0 Å². The number of pyridine rings is 1. The van der Waals surface area contributed by atoms with Crippen LogP contribution in [0.4, 0.5) is 0 Å². The van der Waals surface area contributed by atoms with Crippen molar-refractivity contribution in [3.8, 4) is 0 Å². The molecule has 0 saturated carbocycles. The Morgan fingerprint density at radius 1 is 1.26 bits per heavy atom. The fraction of sp³-hybridized carbons (Fsp3) is 0.250. The number of hydrogen-bond donors (Lipinski definition) is 1. The summed E-state index contributed by atoms with van der Waals surface area (Å²) in [6, 6.07) is 3.12. The van der Waals surface area contributed by atoms with E-state index < -0.39 is 11.8 Å². The van der Waals surface area contributed by atoms with Gasteiger partial charge in [-0.3, -0.25) is 4.79 Å². The Morgan fingerprint density at radius 3 is 2.26 bits per heavy atom. The molecule has 0 radical (unpaired) electrons. The van der Waals surface area contributed by atoms with Crippen molar-refractivity contribution >= 4 is 46.9 Å². The molecule has 0 fully saturated rings. The molecule has 7 heteroatoms. The lowest BCUT2D eigenvalue weighted by molar-refractivity contribution is -0.132. The number of halogens is 1. The number of thioether (sulfide) groups is 2. The summed E-state index contributed by atoms with van der Waals surface area (Å²) >= 11 is 8.33. The second-order valence-electron chi connectivity index (χ2n) is 3.50. The molecule has 0 unspecified atom stereocenters. The predicted molar refractivity (Wildman–Crippen MR) is 80.0 cm³/mol. The molecule has 0 aliphatic heterocycles. The highest BCUT2D eigenvalue weighted by molar-refractivity contribution is 8.21. The number of carboxylic acids is 1. The molecule has 102 valence electrons. The first-order valence-electron chi connectivity index (χ1n) is 5.15. The fourth-order valence-electron chi connectivity index (χ4n) is 1.39. The monoisotopic (exact) mass is 317 g/mol. The molecule has 1 aromatic heterocycles. The number of rotatable bonds is 5. The van der Waals surface area contributed by atoms with Gasteiger partial charge in [0.05, 0.1) is 9.80 Å². The quantitative estimate of drug-likeness (QED) is 0.296. The molecule has 0 aliphatic carbocycles. The van der Waals surface area contributed by atoms with Gasteiger partial charge in [-0.05, 0) is 31.6 Å². The molecule has 0 aromatic carbocycles. The Labute approximate surface area is 124 Å². The molecule has 1 N–H and O–H groups in total. The number of nitrogens with zero attached hydrogens (tertiary/aromatic N) is 1. The van der Waals surface area contributed by atoms with E-state index in [2.05, 4.69) is 4.98 Å². The lowest BCUT2D eigenvalue weighted by Crippen LogP contribution is -2.15. The number of carboxylic acid groups (broad SMARTS) is 1. The van der Waals surface area contributed by atoms with Crippen molar-refractivity contribution in [2.24, 2.45) is 0 Å². The Kier molecular flexibility index (Phi) is 5.90. The smallest absolute Gasteiger partial charge is 0.341 e. The minimum absolute atomic E-state index is 0.0188.